The minimum absolute atomic E-state index is 0.338. The Kier molecular flexibility index (Phi) is 4.77. The summed E-state index contributed by atoms with van der Waals surface area (Å²) in [6, 6.07) is 14.4. The number of aromatic nitrogens is 3. The van der Waals surface area contributed by atoms with Gasteiger partial charge in [0.2, 0.25) is 0 Å². The number of likely N-dealkylation sites (tertiary alicyclic amines) is 1. The highest BCUT2D eigenvalue weighted by molar-refractivity contribution is 5.97. The first-order valence-electron chi connectivity index (χ1n) is 10.3. The van der Waals surface area contributed by atoms with Crippen molar-refractivity contribution in [2.24, 2.45) is 5.73 Å². The first-order chi connectivity index (χ1) is 14.6. The quantitative estimate of drug-likeness (QED) is 0.357. The number of esters is 1. The molecule has 3 heterocycles. The smallest absolute Gasteiger partial charge is 0.308 e. The molecule has 4 N–H and O–H groups in total. The molecule has 5 rings (SSSR count). The van der Waals surface area contributed by atoms with Crippen LogP contribution in [0.1, 0.15) is 25.3 Å². The average Bonchev–Trinajstić information content (AvgIpc) is 3.33. The van der Waals surface area contributed by atoms with Crippen molar-refractivity contribution in [1.29, 1.82) is 0 Å². The summed E-state index contributed by atoms with van der Waals surface area (Å²) in [5.74, 6) is 0.165. The van der Waals surface area contributed by atoms with Gasteiger partial charge in [0, 0.05) is 41.9 Å². The van der Waals surface area contributed by atoms with E-state index in [1.807, 2.05) is 6.07 Å². The normalized spacial score (nSPS) is 15.8. The van der Waals surface area contributed by atoms with Gasteiger partial charge in [0.15, 0.2) is 0 Å². The minimum atomic E-state index is -0.340. The van der Waals surface area contributed by atoms with E-state index in [0.717, 1.165) is 60.3 Å². The molecular weight excluding hydrogens is 378 g/mol. The number of nitrogens with zero attached hydrogens (tertiary/aromatic N) is 2. The molecule has 0 unspecified atom stereocenters. The van der Waals surface area contributed by atoms with E-state index in [-0.39, 0.29) is 5.97 Å². The lowest BCUT2D eigenvalue weighted by atomic mass is 10.0. The molecule has 0 bridgehead atoms. The minimum Gasteiger partial charge on any atom is -0.427 e. The highest BCUT2D eigenvalue weighted by Gasteiger charge is 2.18. The third-order valence-corrected chi connectivity index (χ3v) is 5.83. The van der Waals surface area contributed by atoms with Crippen molar-refractivity contribution >= 4 is 27.8 Å². The third kappa shape index (κ3) is 3.58. The van der Waals surface area contributed by atoms with E-state index in [9.17, 15) is 4.79 Å². The Morgan fingerprint density at radius 1 is 1.17 bits per heavy atom. The molecule has 2 aromatic carbocycles. The Hall–Kier alpha value is -3.16. The molecule has 7 heteroatoms. The first kappa shape index (κ1) is 18.8. The van der Waals surface area contributed by atoms with Crippen molar-refractivity contribution in [3.05, 3.63) is 48.0 Å². The van der Waals surface area contributed by atoms with E-state index < -0.39 is 0 Å². The SMILES string of the molecule is CC(=O)Oc1ccc2c(-c3cc4c(CN5CCC(N)CC5)cccc4[nH]3)n[nH]c2c1. The summed E-state index contributed by atoms with van der Waals surface area (Å²) in [6.07, 6.45) is 2.12. The third-order valence-electron chi connectivity index (χ3n) is 5.83. The van der Waals surface area contributed by atoms with Crippen molar-refractivity contribution in [3.63, 3.8) is 0 Å². The van der Waals surface area contributed by atoms with Gasteiger partial charge in [-0.05, 0) is 55.8 Å². The van der Waals surface area contributed by atoms with Gasteiger partial charge in [-0.2, -0.15) is 5.10 Å². The van der Waals surface area contributed by atoms with Crippen LogP contribution in [0.3, 0.4) is 0 Å². The maximum Gasteiger partial charge on any atom is 0.308 e. The van der Waals surface area contributed by atoms with Crippen LogP contribution in [-0.4, -0.2) is 45.2 Å². The Labute approximate surface area is 174 Å². The molecule has 0 radical (unpaired) electrons. The summed E-state index contributed by atoms with van der Waals surface area (Å²) < 4.78 is 5.17. The second-order valence-corrected chi connectivity index (χ2v) is 8.05. The predicted octanol–water partition coefficient (Wildman–Crippen LogP) is 3.56. The number of carbonyl (C=O) groups is 1. The molecule has 1 fully saturated rings. The van der Waals surface area contributed by atoms with E-state index in [0.29, 0.717) is 11.8 Å². The number of rotatable bonds is 4. The van der Waals surface area contributed by atoms with Crippen LogP contribution in [0.15, 0.2) is 42.5 Å². The molecule has 1 aliphatic rings. The standard InChI is InChI=1S/C23H25N5O2/c1-14(29)30-17-5-6-18-21(11-17)26-27-23(18)22-12-19-15(3-2-4-20(19)25-22)13-28-9-7-16(24)8-10-28/h2-6,11-12,16,25H,7-10,13,24H2,1H3,(H,26,27). The molecule has 2 aromatic heterocycles. The van der Waals surface area contributed by atoms with Gasteiger partial charge in [-0.15, -0.1) is 0 Å². The molecule has 0 amide bonds. The number of hydrogen-bond donors (Lipinski definition) is 3. The lowest BCUT2D eigenvalue weighted by molar-refractivity contribution is -0.131. The first-order valence-corrected chi connectivity index (χ1v) is 10.3. The summed E-state index contributed by atoms with van der Waals surface area (Å²) >= 11 is 0. The topological polar surface area (TPSA) is 100 Å². The van der Waals surface area contributed by atoms with Crippen molar-refractivity contribution in [2.45, 2.75) is 32.4 Å². The number of aromatic amines is 2. The molecule has 1 saturated heterocycles. The second-order valence-electron chi connectivity index (χ2n) is 8.05. The number of carbonyl (C=O) groups excluding carboxylic acids is 1. The molecule has 0 atom stereocenters. The van der Waals surface area contributed by atoms with Crippen molar-refractivity contribution < 1.29 is 9.53 Å². The number of piperidine rings is 1. The maximum atomic E-state index is 11.2. The van der Waals surface area contributed by atoms with Crippen LogP contribution in [0.5, 0.6) is 5.75 Å². The molecule has 154 valence electrons. The Bertz CT molecular complexity index is 1220. The number of nitrogens with two attached hydrogens (primary N) is 1. The molecule has 0 spiro atoms. The van der Waals surface area contributed by atoms with Gasteiger partial charge in [0.25, 0.3) is 0 Å². The lowest BCUT2D eigenvalue weighted by Crippen LogP contribution is -2.39. The van der Waals surface area contributed by atoms with Gasteiger partial charge in [-0.25, -0.2) is 0 Å². The fourth-order valence-electron chi connectivity index (χ4n) is 4.27. The van der Waals surface area contributed by atoms with Gasteiger partial charge < -0.3 is 15.5 Å². The Morgan fingerprint density at radius 2 is 2.00 bits per heavy atom. The van der Waals surface area contributed by atoms with Crippen LogP contribution >= 0.6 is 0 Å². The highest BCUT2D eigenvalue weighted by atomic mass is 16.5. The molecule has 7 nitrogen and oxygen atoms in total. The fourth-order valence-corrected chi connectivity index (χ4v) is 4.27. The zero-order valence-electron chi connectivity index (χ0n) is 16.9. The molecular formula is C23H25N5O2. The number of benzene rings is 2. The van der Waals surface area contributed by atoms with Gasteiger partial charge in [-0.3, -0.25) is 14.8 Å². The van der Waals surface area contributed by atoms with Gasteiger partial charge in [0.05, 0.1) is 11.2 Å². The zero-order chi connectivity index (χ0) is 20.7. The zero-order valence-corrected chi connectivity index (χ0v) is 16.9. The fraction of sp³-hybridized carbons (Fsp3) is 0.304. The summed E-state index contributed by atoms with van der Waals surface area (Å²) in [5.41, 5.74) is 11.1. The molecule has 4 aromatic rings. The molecule has 30 heavy (non-hydrogen) atoms. The summed E-state index contributed by atoms with van der Waals surface area (Å²) in [5, 5.41) is 9.75. The van der Waals surface area contributed by atoms with Crippen LogP contribution < -0.4 is 10.5 Å². The van der Waals surface area contributed by atoms with E-state index in [1.54, 1.807) is 12.1 Å². The lowest BCUT2D eigenvalue weighted by Gasteiger charge is -2.30. The number of hydrogen-bond acceptors (Lipinski definition) is 5. The number of fused-ring (bicyclic) bond motifs is 2. The average molecular weight is 403 g/mol. The van der Waals surface area contributed by atoms with Gasteiger partial charge in [-0.1, -0.05) is 12.1 Å². The van der Waals surface area contributed by atoms with E-state index in [2.05, 4.69) is 44.3 Å². The van der Waals surface area contributed by atoms with Crippen molar-refractivity contribution in [2.75, 3.05) is 13.1 Å². The predicted molar refractivity (Wildman–Crippen MR) is 117 cm³/mol. The second kappa shape index (κ2) is 7.59. The summed E-state index contributed by atoms with van der Waals surface area (Å²) in [6.45, 7) is 4.41. The van der Waals surface area contributed by atoms with E-state index in [1.165, 1.54) is 17.9 Å². The Morgan fingerprint density at radius 3 is 2.80 bits per heavy atom. The van der Waals surface area contributed by atoms with Crippen LogP contribution in [0, 0.1) is 0 Å². The highest BCUT2D eigenvalue weighted by Crippen LogP contribution is 2.32. The number of nitrogens with one attached hydrogen (secondary N) is 2. The summed E-state index contributed by atoms with van der Waals surface area (Å²) in [4.78, 5) is 17.2. The molecule has 0 aliphatic carbocycles. The van der Waals surface area contributed by atoms with Crippen LogP contribution in [0.2, 0.25) is 0 Å². The van der Waals surface area contributed by atoms with Crippen LogP contribution in [-0.2, 0) is 11.3 Å². The van der Waals surface area contributed by atoms with Gasteiger partial charge >= 0.3 is 5.97 Å². The van der Waals surface area contributed by atoms with Crippen LogP contribution in [0.25, 0.3) is 33.2 Å². The number of ether oxygens (including phenoxy) is 1. The molecule has 1 aliphatic heterocycles. The monoisotopic (exact) mass is 403 g/mol. The van der Waals surface area contributed by atoms with E-state index in [4.69, 9.17) is 10.5 Å². The molecule has 0 saturated carbocycles. The number of H-pyrrole nitrogens is 2. The Balaban J connectivity index is 1.47. The maximum absolute atomic E-state index is 11.2. The van der Waals surface area contributed by atoms with E-state index >= 15 is 0 Å². The summed E-state index contributed by atoms with van der Waals surface area (Å²) in [7, 11) is 0. The largest absolute Gasteiger partial charge is 0.427 e. The van der Waals surface area contributed by atoms with Crippen LogP contribution in [0.4, 0.5) is 0 Å². The van der Waals surface area contributed by atoms with Gasteiger partial charge in [0.1, 0.15) is 11.4 Å². The van der Waals surface area contributed by atoms with Crippen molar-refractivity contribution in [3.8, 4) is 17.1 Å². The van der Waals surface area contributed by atoms with Crippen molar-refractivity contribution in [1.82, 2.24) is 20.1 Å².